The monoisotopic (exact) mass is 358 g/mol. The Hall–Kier alpha value is -2.28. The zero-order valence-corrected chi connectivity index (χ0v) is 15.5. The summed E-state index contributed by atoms with van der Waals surface area (Å²) in [6, 6.07) is 7.74. The van der Waals surface area contributed by atoms with Crippen LogP contribution in [0.4, 0.5) is 5.95 Å². The van der Waals surface area contributed by atoms with Gasteiger partial charge in [-0.3, -0.25) is 0 Å². The molecule has 1 aromatic heterocycles. The number of rotatable bonds is 6. The van der Waals surface area contributed by atoms with Crippen LogP contribution in [-0.2, 0) is 9.53 Å². The van der Waals surface area contributed by atoms with E-state index in [-0.39, 0.29) is 12.0 Å². The molecule has 25 heavy (non-hydrogen) atoms. The van der Waals surface area contributed by atoms with Gasteiger partial charge in [-0.15, -0.1) is 0 Å². The van der Waals surface area contributed by atoms with Gasteiger partial charge in [0.2, 0.25) is 5.95 Å². The van der Waals surface area contributed by atoms with Gasteiger partial charge in [0, 0.05) is 11.4 Å². The maximum absolute atomic E-state index is 12.8. The number of aryl methyl sites for hydroxylation is 1. The van der Waals surface area contributed by atoms with Crippen molar-refractivity contribution < 1.29 is 9.53 Å². The number of aromatic nitrogens is 3. The fraction of sp³-hybridized carbons (Fsp3) is 0.389. The maximum atomic E-state index is 12.8. The van der Waals surface area contributed by atoms with Crippen LogP contribution in [0.1, 0.15) is 31.0 Å². The van der Waals surface area contributed by atoms with Crippen LogP contribution in [-0.4, -0.2) is 38.8 Å². The third-order valence-corrected chi connectivity index (χ3v) is 4.90. The fourth-order valence-electron chi connectivity index (χ4n) is 2.92. The van der Waals surface area contributed by atoms with Gasteiger partial charge < -0.3 is 10.1 Å². The Balaban J connectivity index is 1.94. The first kappa shape index (κ1) is 17.5. The molecule has 0 aliphatic carbocycles. The van der Waals surface area contributed by atoms with Crippen LogP contribution in [0.25, 0.3) is 0 Å². The van der Waals surface area contributed by atoms with E-state index in [4.69, 9.17) is 4.74 Å². The topological polar surface area (TPSA) is 69.0 Å². The van der Waals surface area contributed by atoms with E-state index < -0.39 is 0 Å². The molecule has 0 fully saturated rings. The Morgan fingerprint density at radius 3 is 3.00 bits per heavy atom. The Morgan fingerprint density at radius 2 is 2.24 bits per heavy atom. The third kappa shape index (κ3) is 3.71. The predicted octanol–water partition coefficient (Wildman–Crippen LogP) is 3.17. The van der Waals surface area contributed by atoms with Crippen molar-refractivity contribution in [3.05, 3.63) is 53.0 Å². The van der Waals surface area contributed by atoms with Gasteiger partial charge in [0.05, 0.1) is 5.57 Å². The SMILES string of the molecule is CCSCCOC(=O)C1=C(C)Nc2ncnn2[C@H]1c1cccc(C)c1. The summed E-state index contributed by atoms with van der Waals surface area (Å²) in [5, 5.41) is 7.47. The van der Waals surface area contributed by atoms with E-state index in [2.05, 4.69) is 28.4 Å². The Kier molecular flexibility index (Phi) is 5.43. The molecule has 1 atom stereocenters. The van der Waals surface area contributed by atoms with Gasteiger partial charge in [0.25, 0.3) is 0 Å². The molecular weight excluding hydrogens is 336 g/mol. The number of thioether (sulfide) groups is 1. The summed E-state index contributed by atoms with van der Waals surface area (Å²) in [5.41, 5.74) is 3.44. The molecule has 1 aromatic carbocycles. The average molecular weight is 358 g/mol. The number of carbonyl (C=O) groups is 1. The van der Waals surface area contributed by atoms with Gasteiger partial charge in [0.15, 0.2) is 0 Å². The normalized spacial score (nSPS) is 16.4. The van der Waals surface area contributed by atoms with Gasteiger partial charge in [-0.05, 0) is 25.2 Å². The van der Waals surface area contributed by atoms with Gasteiger partial charge in [0.1, 0.15) is 19.0 Å². The van der Waals surface area contributed by atoms with Gasteiger partial charge >= 0.3 is 5.97 Å². The largest absolute Gasteiger partial charge is 0.461 e. The lowest BCUT2D eigenvalue weighted by atomic mass is 9.95. The highest BCUT2D eigenvalue weighted by molar-refractivity contribution is 7.99. The standard InChI is InChI=1S/C18H22N4O2S/c1-4-25-9-8-24-17(23)15-13(3)21-18-19-11-20-22(18)16(15)14-7-5-6-12(2)10-14/h5-7,10-11,16H,4,8-9H2,1-3H3,(H,19,20,21)/t16-/m0/s1. The number of carbonyl (C=O) groups excluding carboxylic acids is 1. The number of hydrogen-bond acceptors (Lipinski definition) is 6. The van der Waals surface area contributed by atoms with E-state index in [1.807, 2.05) is 32.0 Å². The van der Waals surface area contributed by atoms with E-state index >= 15 is 0 Å². The molecule has 0 saturated carbocycles. The lowest BCUT2D eigenvalue weighted by Crippen LogP contribution is -2.30. The molecule has 0 unspecified atom stereocenters. The van der Waals surface area contributed by atoms with Crippen LogP contribution in [0.15, 0.2) is 41.9 Å². The van der Waals surface area contributed by atoms with E-state index in [0.29, 0.717) is 18.1 Å². The quantitative estimate of drug-likeness (QED) is 0.632. The fourth-order valence-corrected chi connectivity index (χ4v) is 3.41. The highest BCUT2D eigenvalue weighted by Crippen LogP contribution is 2.35. The van der Waals surface area contributed by atoms with E-state index in [1.54, 1.807) is 16.4 Å². The maximum Gasteiger partial charge on any atom is 0.338 e. The first-order valence-corrected chi connectivity index (χ1v) is 9.46. The van der Waals surface area contributed by atoms with Crippen LogP contribution >= 0.6 is 11.8 Å². The number of esters is 1. The van der Waals surface area contributed by atoms with Crippen LogP contribution < -0.4 is 5.32 Å². The molecule has 1 aliphatic rings. The molecule has 0 saturated heterocycles. The number of nitrogens with zero attached hydrogens (tertiary/aromatic N) is 3. The van der Waals surface area contributed by atoms with Gasteiger partial charge in [-0.25, -0.2) is 9.48 Å². The molecular formula is C18H22N4O2S. The van der Waals surface area contributed by atoms with Gasteiger partial charge in [-0.1, -0.05) is 36.8 Å². The summed E-state index contributed by atoms with van der Waals surface area (Å²) in [7, 11) is 0. The summed E-state index contributed by atoms with van der Waals surface area (Å²) < 4.78 is 7.24. The summed E-state index contributed by atoms with van der Waals surface area (Å²) in [4.78, 5) is 17.0. The predicted molar refractivity (Wildman–Crippen MR) is 99.6 cm³/mol. The lowest BCUT2D eigenvalue weighted by molar-refractivity contribution is -0.138. The number of fused-ring (bicyclic) bond motifs is 1. The molecule has 2 heterocycles. The smallest absolute Gasteiger partial charge is 0.338 e. The highest BCUT2D eigenvalue weighted by Gasteiger charge is 2.34. The lowest BCUT2D eigenvalue weighted by Gasteiger charge is -2.28. The number of benzene rings is 1. The zero-order chi connectivity index (χ0) is 17.8. The van der Waals surface area contributed by atoms with Gasteiger partial charge in [-0.2, -0.15) is 21.8 Å². The molecule has 0 bridgehead atoms. The molecule has 6 nitrogen and oxygen atoms in total. The van der Waals surface area contributed by atoms with Crippen molar-refractivity contribution in [3.8, 4) is 0 Å². The van der Waals surface area contributed by atoms with Crippen molar-refractivity contribution in [2.45, 2.75) is 26.8 Å². The molecule has 0 amide bonds. The highest BCUT2D eigenvalue weighted by atomic mass is 32.2. The van der Waals surface area contributed by atoms with Crippen LogP contribution in [0.5, 0.6) is 0 Å². The third-order valence-electron chi connectivity index (χ3n) is 4.04. The molecule has 1 N–H and O–H groups in total. The Morgan fingerprint density at radius 1 is 1.40 bits per heavy atom. The zero-order valence-electron chi connectivity index (χ0n) is 14.7. The van der Waals surface area contributed by atoms with Crippen molar-refractivity contribution >= 4 is 23.7 Å². The van der Waals surface area contributed by atoms with Crippen molar-refractivity contribution in [3.63, 3.8) is 0 Å². The van der Waals surface area contributed by atoms with Crippen LogP contribution in [0, 0.1) is 6.92 Å². The molecule has 2 aromatic rings. The molecule has 7 heteroatoms. The van der Waals surface area contributed by atoms with Crippen LogP contribution in [0.3, 0.4) is 0 Å². The molecule has 0 radical (unpaired) electrons. The second-order valence-corrected chi connectivity index (χ2v) is 7.24. The van der Waals surface area contributed by atoms with Crippen molar-refractivity contribution in [1.82, 2.24) is 14.8 Å². The van der Waals surface area contributed by atoms with E-state index in [9.17, 15) is 4.79 Å². The van der Waals surface area contributed by atoms with Crippen molar-refractivity contribution in [2.24, 2.45) is 0 Å². The second kappa shape index (κ2) is 7.74. The minimum Gasteiger partial charge on any atom is -0.461 e. The minimum absolute atomic E-state index is 0.311. The number of ether oxygens (including phenoxy) is 1. The molecule has 0 spiro atoms. The number of nitrogens with one attached hydrogen (secondary N) is 1. The van der Waals surface area contributed by atoms with Crippen LogP contribution in [0.2, 0.25) is 0 Å². The van der Waals surface area contributed by atoms with E-state index in [0.717, 1.165) is 28.3 Å². The average Bonchev–Trinajstić information content (AvgIpc) is 3.05. The molecule has 132 valence electrons. The number of anilines is 1. The summed E-state index contributed by atoms with van der Waals surface area (Å²) in [5.74, 6) is 2.12. The van der Waals surface area contributed by atoms with E-state index in [1.165, 1.54) is 6.33 Å². The summed E-state index contributed by atoms with van der Waals surface area (Å²) in [6.07, 6.45) is 1.49. The first-order valence-electron chi connectivity index (χ1n) is 8.30. The minimum atomic E-state index is -0.343. The Labute approximate surface area is 151 Å². The first-order chi connectivity index (χ1) is 12.1. The van der Waals surface area contributed by atoms with Crippen molar-refractivity contribution in [2.75, 3.05) is 23.4 Å². The Bertz CT molecular complexity index is 800. The summed E-state index contributed by atoms with van der Waals surface area (Å²) >= 11 is 1.75. The summed E-state index contributed by atoms with van der Waals surface area (Å²) in [6.45, 7) is 6.39. The molecule has 3 rings (SSSR count). The second-order valence-electron chi connectivity index (χ2n) is 5.84. The van der Waals surface area contributed by atoms with Crippen molar-refractivity contribution in [1.29, 1.82) is 0 Å². The number of hydrogen-bond donors (Lipinski definition) is 1. The number of allylic oxidation sites excluding steroid dienone is 1. The molecule has 1 aliphatic heterocycles.